The summed E-state index contributed by atoms with van der Waals surface area (Å²) in [5.74, 6) is -0.165. The Morgan fingerprint density at radius 3 is 2.75 bits per heavy atom. The average molecular weight is 281 g/mol. The van der Waals surface area contributed by atoms with Crippen molar-refractivity contribution in [3.8, 4) is 0 Å². The Kier molecular flexibility index (Phi) is 6.38. The second-order valence-corrected chi connectivity index (χ2v) is 5.14. The van der Waals surface area contributed by atoms with Gasteiger partial charge in [-0.3, -0.25) is 9.59 Å². The van der Waals surface area contributed by atoms with Crippen LogP contribution in [0.1, 0.15) is 44.1 Å². The monoisotopic (exact) mass is 281 g/mol. The van der Waals surface area contributed by atoms with Crippen LogP contribution in [0.2, 0.25) is 0 Å². The van der Waals surface area contributed by atoms with E-state index in [-0.39, 0.29) is 23.1 Å². The van der Waals surface area contributed by atoms with Crippen LogP contribution in [0.4, 0.5) is 0 Å². The number of aliphatic hydroxyl groups is 1. The average Bonchev–Trinajstić information content (AvgIpc) is 2.41. The fourth-order valence-corrected chi connectivity index (χ4v) is 1.70. The van der Waals surface area contributed by atoms with Gasteiger partial charge in [-0.15, -0.1) is 0 Å². The molecule has 0 spiro atoms. The van der Waals surface area contributed by atoms with E-state index in [1.807, 2.05) is 20.8 Å². The molecule has 0 aliphatic carbocycles. The van der Waals surface area contributed by atoms with E-state index >= 15 is 0 Å². The molecule has 6 heteroatoms. The Bertz CT molecular complexity index is 497. The number of aliphatic hydroxyl groups excluding tert-OH is 1. The molecule has 1 atom stereocenters. The molecule has 1 rings (SSSR count). The van der Waals surface area contributed by atoms with Crippen molar-refractivity contribution in [2.24, 2.45) is 5.92 Å². The summed E-state index contributed by atoms with van der Waals surface area (Å²) in [6, 6.07) is 2.77. The van der Waals surface area contributed by atoms with Crippen molar-refractivity contribution < 1.29 is 9.90 Å². The third-order valence-electron chi connectivity index (χ3n) is 3.03. The van der Waals surface area contributed by atoms with E-state index < -0.39 is 6.10 Å². The molecule has 6 nitrogen and oxygen atoms in total. The van der Waals surface area contributed by atoms with Gasteiger partial charge < -0.3 is 10.4 Å². The summed E-state index contributed by atoms with van der Waals surface area (Å²) in [5.41, 5.74) is 0.00992. The van der Waals surface area contributed by atoms with Gasteiger partial charge in [0, 0.05) is 19.2 Å². The van der Waals surface area contributed by atoms with Gasteiger partial charge >= 0.3 is 0 Å². The molecule has 1 heterocycles. The van der Waals surface area contributed by atoms with E-state index in [0.29, 0.717) is 19.5 Å². The lowest BCUT2D eigenvalue weighted by atomic mass is 10.0. The highest BCUT2D eigenvalue weighted by Gasteiger charge is 2.12. The molecule has 1 aromatic heterocycles. The second-order valence-electron chi connectivity index (χ2n) is 5.14. The molecule has 0 fully saturated rings. The summed E-state index contributed by atoms with van der Waals surface area (Å²) in [4.78, 5) is 23.4. The SMILES string of the molecule is CCCn1nc(C(=O)NCCC(O)C(C)C)ccc1=O. The van der Waals surface area contributed by atoms with Crippen LogP contribution in [-0.2, 0) is 6.54 Å². The summed E-state index contributed by atoms with van der Waals surface area (Å²) >= 11 is 0. The normalized spacial score (nSPS) is 12.4. The van der Waals surface area contributed by atoms with Crippen molar-refractivity contribution >= 4 is 5.91 Å². The van der Waals surface area contributed by atoms with Gasteiger partial charge in [0.05, 0.1) is 6.10 Å². The molecular formula is C14H23N3O3. The highest BCUT2D eigenvalue weighted by molar-refractivity contribution is 5.91. The molecule has 2 N–H and O–H groups in total. The minimum Gasteiger partial charge on any atom is -0.393 e. The van der Waals surface area contributed by atoms with Crippen LogP contribution in [0, 0.1) is 5.92 Å². The van der Waals surface area contributed by atoms with Gasteiger partial charge in [-0.05, 0) is 24.8 Å². The maximum absolute atomic E-state index is 11.9. The number of amides is 1. The van der Waals surface area contributed by atoms with Crippen molar-refractivity contribution in [1.29, 1.82) is 0 Å². The summed E-state index contributed by atoms with van der Waals surface area (Å²) in [6.45, 7) is 6.66. The van der Waals surface area contributed by atoms with Crippen LogP contribution in [-0.4, -0.2) is 33.4 Å². The van der Waals surface area contributed by atoms with Crippen molar-refractivity contribution in [3.05, 3.63) is 28.2 Å². The van der Waals surface area contributed by atoms with Crippen LogP contribution >= 0.6 is 0 Å². The fraction of sp³-hybridized carbons (Fsp3) is 0.643. The standard InChI is InChI=1S/C14H23N3O3/c1-4-9-17-13(19)6-5-11(16-17)14(20)15-8-7-12(18)10(2)3/h5-6,10,12,18H,4,7-9H2,1-3H3,(H,15,20). The first kappa shape index (κ1) is 16.4. The number of rotatable bonds is 7. The lowest BCUT2D eigenvalue weighted by molar-refractivity contribution is 0.0913. The largest absolute Gasteiger partial charge is 0.393 e. The van der Waals surface area contributed by atoms with Crippen molar-refractivity contribution in [2.75, 3.05) is 6.54 Å². The molecule has 1 amide bonds. The molecule has 0 saturated heterocycles. The molecule has 20 heavy (non-hydrogen) atoms. The Morgan fingerprint density at radius 2 is 2.15 bits per heavy atom. The number of hydrogen-bond donors (Lipinski definition) is 2. The molecule has 0 aliphatic rings. The van der Waals surface area contributed by atoms with Crippen LogP contribution in [0.25, 0.3) is 0 Å². The van der Waals surface area contributed by atoms with E-state index in [1.165, 1.54) is 16.8 Å². The highest BCUT2D eigenvalue weighted by Crippen LogP contribution is 2.04. The fourth-order valence-electron chi connectivity index (χ4n) is 1.70. The Labute approximate surface area is 118 Å². The number of nitrogens with zero attached hydrogens (tertiary/aromatic N) is 2. The zero-order valence-corrected chi connectivity index (χ0v) is 12.3. The van der Waals surface area contributed by atoms with Crippen molar-refractivity contribution in [2.45, 2.75) is 46.3 Å². The minimum absolute atomic E-state index is 0.163. The number of aryl methyl sites for hydroxylation is 1. The van der Waals surface area contributed by atoms with E-state index in [0.717, 1.165) is 6.42 Å². The van der Waals surface area contributed by atoms with Gasteiger partial charge in [-0.2, -0.15) is 5.10 Å². The maximum Gasteiger partial charge on any atom is 0.271 e. The summed E-state index contributed by atoms with van der Waals surface area (Å²) in [7, 11) is 0. The number of hydrogen-bond acceptors (Lipinski definition) is 4. The van der Waals surface area contributed by atoms with Crippen molar-refractivity contribution in [3.63, 3.8) is 0 Å². The zero-order chi connectivity index (χ0) is 15.1. The third-order valence-corrected chi connectivity index (χ3v) is 3.03. The molecule has 112 valence electrons. The Hall–Kier alpha value is -1.69. The molecule has 0 saturated carbocycles. The molecule has 0 radical (unpaired) electrons. The van der Waals surface area contributed by atoms with E-state index in [4.69, 9.17) is 0 Å². The van der Waals surface area contributed by atoms with E-state index in [9.17, 15) is 14.7 Å². The van der Waals surface area contributed by atoms with E-state index in [2.05, 4.69) is 10.4 Å². The molecule has 1 unspecified atom stereocenters. The first-order valence-electron chi connectivity index (χ1n) is 7.00. The smallest absolute Gasteiger partial charge is 0.271 e. The minimum atomic E-state index is -0.433. The van der Waals surface area contributed by atoms with Crippen molar-refractivity contribution in [1.82, 2.24) is 15.1 Å². The maximum atomic E-state index is 11.9. The summed E-state index contributed by atoms with van der Waals surface area (Å²) < 4.78 is 1.29. The topological polar surface area (TPSA) is 84.2 Å². The third kappa shape index (κ3) is 4.77. The van der Waals surface area contributed by atoms with Crippen LogP contribution in [0.3, 0.4) is 0 Å². The van der Waals surface area contributed by atoms with Gasteiger partial charge in [-0.25, -0.2) is 4.68 Å². The Balaban J connectivity index is 2.59. The van der Waals surface area contributed by atoms with Crippen LogP contribution in [0.5, 0.6) is 0 Å². The lowest BCUT2D eigenvalue weighted by Gasteiger charge is -2.14. The van der Waals surface area contributed by atoms with Crippen LogP contribution in [0.15, 0.2) is 16.9 Å². The van der Waals surface area contributed by atoms with Gasteiger partial charge in [0.15, 0.2) is 0 Å². The highest BCUT2D eigenvalue weighted by atomic mass is 16.3. The first-order chi connectivity index (χ1) is 9.45. The Morgan fingerprint density at radius 1 is 1.45 bits per heavy atom. The number of carbonyl (C=O) groups is 1. The number of carbonyl (C=O) groups excluding carboxylic acids is 1. The van der Waals surface area contributed by atoms with Gasteiger partial charge in [0.25, 0.3) is 11.5 Å². The quantitative estimate of drug-likeness (QED) is 0.774. The molecule has 0 aliphatic heterocycles. The predicted molar refractivity (Wildman–Crippen MR) is 76.6 cm³/mol. The molecular weight excluding hydrogens is 258 g/mol. The predicted octanol–water partition coefficient (Wildman–Crippen LogP) is 0.790. The van der Waals surface area contributed by atoms with Crippen LogP contribution < -0.4 is 10.9 Å². The summed E-state index contributed by atoms with van der Waals surface area (Å²) in [5, 5.41) is 16.4. The molecule has 0 bridgehead atoms. The van der Waals surface area contributed by atoms with Gasteiger partial charge in [0.2, 0.25) is 0 Å². The zero-order valence-electron chi connectivity index (χ0n) is 12.3. The number of aromatic nitrogens is 2. The second kappa shape index (κ2) is 7.79. The van der Waals surface area contributed by atoms with Gasteiger partial charge in [0.1, 0.15) is 5.69 Å². The lowest BCUT2D eigenvalue weighted by Crippen LogP contribution is -2.32. The van der Waals surface area contributed by atoms with E-state index in [1.54, 1.807) is 0 Å². The molecule has 1 aromatic rings. The summed E-state index contributed by atoms with van der Waals surface area (Å²) in [6.07, 6.45) is 0.841. The molecule has 0 aromatic carbocycles. The van der Waals surface area contributed by atoms with Gasteiger partial charge in [-0.1, -0.05) is 20.8 Å². The first-order valence-corrected chi connectivity index (χ1v) is 7.00. The number of nitrogens with one attached hydrogen (secondary N) is 1.